The third kappa shape index (κ3) is 6.79. The molecule has 0 aliphatic carbocycles. The molecule has 33 heavy (non-hydrogen) atoms. The zero-order chi connectivity index (χ0) is 22.3. The molecule has 1 aromatic heterocycles. The lowest BCUT2D eigenvalue weighted by Crippen LogP contribution is -2.45. The van der Waals surface area contributed by atoms with Crippen LogP contribution in [0.15, 0.2) is 47.6 Å². The molecule has 6 nitrogen and oxygen atoms in total. The molecule has 180 valence electrons. The maximum Gasteiger partial charge on any atom is 0.191 e. The Morgan fingerprint density at radius 2 is 2.06 bits per heavy atom. The molecule has 2 saturated heterocycles. The Balaban J connectivity index is 0.00000306. The van der Waals surface area contributed by atoms with E-state index in [0.717, 1.165) is 44.9 Å². The number of rotatable bonds is 6. The number of ether oxygens (including phenoxy) is 1. The van der Waals surface area contributed by atoms with Gasteiger partial charge in [-0.1, -0.05) is 29.8 Å². The molecule has 2 aromatic rings. The van der Waals surface area contributed by atoms with Gasteiger partial charge in [0.2, 0.25) is 0 Å². The molecule has 3 atom stereocenters. The van der Waals surface area contributed by atoms with E-state index >= 15 is 0 Å². The molecule has 3 heterocycles. The maximum atomic E-state index is 14.1. The topological polar surface area (TPSA) is 61.8 Å². The summed E-state index contributed by atoms with van der Waals surface area (Å²) in [5.41, 5.74) is 2.49. The van der Waals surface area contributed by atoms with Gasteiger partial charge in [-0.05, 0) is 50.8 Å². The Morgan fingerprint density at radius 3 is 2.82 bits per heavy atom. The molecule has 2 aliphatic heterocycles. The number of nitrogens with zero attached hydrogens (tertiary/aromatic N) is 3. The molecular formula is C25H35FIN5O. The van der Waals surface area contributed by atoms with Gasteiger partial charge in [0.1, 0.15) is 0 Å². The smallest absolute Gasteiger partial charge is 0.191 e. The van der Waals surface area contributed by atoms with Crippen molar-refractivity contribution in [2.24, 2.45) is 10.9 Å². The van der Waals surface area contributed by atoms with Gasteiger partial charge >= 0.3 is 0 Å². The number of halogens is 2. The fourth-order valence-corrected chi connectivity index (χ4v) is 4.56. The van der Waals surface area contributed by atoms with E-state index in [9.17, 15) is 4.39 Å². The fraction of sp³-hybridized carbons (Fsp3) is 0.520. The van der Waals surface area contributed by atoms with Gasteiger partial charge < -0.3 is 20.3 Å². The van der Waals surface area contributed by atoms with Crippen molar-refractivity contribution in [3.8, 4) is 0 Å². The lowest BCUT2D eigenvalue weighted by molar-refractivity contribution is -0.0250. The predicted molar refractivity (Wildman–Crippen MR) is 142 cm³/mol. The summed E-state index contributed by atoms with van der Waals surface area (Å²) >= 11 is 0. The molecule has 0 spiro atoms. The molecule has 0 bridgehead atoms. The van der Waals surface area contributed by atoms with E-state index in [2.05, 4.69) is 53.7 Å². The first-order chi connectivity index (χ1) is 15.6. The normalized spacial score (nSPS) is 23.2. The molecule has 8 heteroatoms. The van der Waals surface area contributed by atoms with Gasteiger partial charge in [0.15, 0.2) is 17.6 Å². The largest absolute Gasteiger partial charge is 0.373 e. The average molecular weight is 567 g/mol. The van der Waals surface area contributed by atoms with E-state index < -0.39 is 0 Å². The van der Waals surface area contributed by atoms with Gasteiger partial charge in [-0.25, -0.2) is 9.37 Å². The van der Waals surface area contributed by atoms with Crippen LogP contribution in [0.5, 0.6) is 0 Å². The number of aryl methyl sites for hydroxylation is 1. The van der Waals surface area contributed by atoms with Crippen LogP contribution in [-0.4, -0.2) is 49.8 Å². The standard InChI is InChI=1S/C25H34FN5O.HI/c1-3-27-25(30-21-12-14-31(17-21)24-22(26)7-4-13-28-24)29-16-20-6-5-15-32-23(20)19-10-8-18(2)9-11-19;/h4,7-11,13,20-21,23H,3,5-6,12,14-17H2,1-2H3,(H2,27,29,30);1H. The summed E-state index contributed by atoms with van der Waals surface area (Å²) in [6.07, 6.45) is 4.82. The zero-order valence-electron chi connectivity index (χ0n) is 19.5. The molecule has 2 N–H and O–H groups in total. The van der Waals surface area contributed by atoms with E-state index in [4.69, 9.17) is 9.73 Å². The number of aromatic nitrogens is 1. The predicted octanol–water partition coefficient (Wildman–Crippen LogP) is 4.45. The summed E-state index contributed by atoms with van der Waals surface area (Å²) in [6, 6.07) is 11.9. The van der Waals surface area contributed by atoms with Crippen LogP contribution in [0.1, 0.15) is 43.4 Å². The second-order valence-electron chi connectivity index (χ2n) is 8.71. The number of guanidine groups is 1. The van der Waals surface area contributed by atoms with Crippen molar-refractivity contribution in [2.45, 2.75) is 45.3 Å². The van der Waals surface area contributed by atoms with E-state index in [0.29, 0.717) is 24.8 Å². The van der Waals surface area contributed by atoms with Crippen LogP contribution >= 0.6 is 24.0 Å². The van der Waals surface area contributed by atoms with E-state index in [1.54, 1.807) is 12.3 Å². The SMILES string of the molecule is CCNC(=NCC1CCCOC1c1ccc(C)cc1)NC1CCN(c2ncccc2F)C1.I. The molecule has 2 aliphatic rings. The van der Waals surface area contributed by atoms with Crippen molar-refractivity contribution >= 4 is 35.8 Å². The Bertz CT molecular complexity index is 910. The third-order valence-electron chi connectivity index (χ3n) is 6.25. The zero-order valence-corrected chi connectivity index (χ0v) is 21.8. The minimum absolute atomic E-state index is 0. The van der Waals surface area contributed by atoms with Gasteiger partial charge in [-0.15, -0.1) is 24.0 Å². The number of benzene rings is 1. The van der Waals surface area contributed by atoms with E-state index in [-0.39, 0.29) is 41.9 Å². The van der Waals surface area contributed by atoms with Gasteiger partial charge in [0, 0.05) is 50.9 Å². The Morgan fingerprint density at radius 1 is 1.24 bits per heavy atom. The quantitative estimate of drug-likeness (QED) is 0.307. The number of nitrogens with one attached hydrogen (secondary N) is 2. The second kappa shape index (κ2) is 12.5. The Labute approximate surface area is 213 Å². The van der Waals surface area contributed by atoms with Crippen LogP contribution in [0.3, 0.4) is 0 Å². The van der Waals surface area contributed by atoms with Gasteiger partial charge in [-0.2, -0.15) is 0 Å². The van der Waals surface area contributed by atoms with Crippen LogP contribution in [-0.2, 0) is 4.74 Å². The van der Waals surface area contributed by atoms with Crippen molar-refractivity contribution in [3.05, 3.63) is 59.5 Å². The summed E-state index contributed by atoms with van der Waals surface area (Å²) in [5.74, 6) is 1.32. The molecular weight excluding hydrogens is 532 g/mol. The van der Waals surface area contributed by atoms with Gasteiger partial charge in [-0.3, -0.25) is 4.99 Å². The molecule has 2 fully saturated rings. The lowest BCUT2D eigenvalue weighted by atomic mass is 9.89. The number of hydrogen-bond donors (Lipinski definition) is 2. The third-order valence-corrected chi connectivity index (χ3v) is 6.25. The number of hydrogen-bond acceptors (Lipinski definition) is 4. The fourth-order valence-electron chi connectivity index (χ4n) is 4.56. The highest BCUT2D eigenvalue weighted by Crippen LogP contribution is 2.34. The first-order valence-corrected chi connectivity index (χ1v) is 11.7. The molecule has 3 unspecified atom stereocenters. The van der Waals surface area contributed by atoms with Crippen LogP contribution in [0.25, 0.3) is 0 Å². The first kappa shape index (κ1) is 25.7. The molecule has 4 rings (SSSR count). The minimum atomic E-state index is -0.270. The van der Waals surface area contributed by atoms with Crippen molar-refractivity contribution in [3.63, 3.8) is 0 Å². The minimum Gasteiger partial charge on any atom is -0.373 e. The number of pyridine rings is 1. The number of aliphatic imine (C=N–C) groups is 1. The molecule has 0 radical (unpaired) electrons. The summed E-state index contributed by atoms with van der Waals surface area (Å²) in [4.78, 5) is 11.1. The number of anilines is 1. The van der Waals surface area contributed by atoms with Gasteiger partial charge in [0.25, 0.3) is 0 Å². The molecule has 1 aromatic carbocycles. The summed E-state index contributed by atoms with van der Waals surface area (Å²) in [5, 5.41) is 6.91. The van der Waals surface area contributed by atoms with E-state index in [1.807, 2.05) is 4.90 Å². The van der Waals surface area contributed by atoms with Crippen molar-refractivity contribution in [1.29, 1.82) is 0 Å². The lowest BCUT2D eigenvalue weighted by Gasteiger charge is -2.31. The summed E-state index contributed by atoms with van der Waals surface area (Å²) in [7, 11) is 0. The Kier molecular flexibility index (Phi) is 9.73. The van der Waals surface area contributed by atoms with Gasteiger partial charge in [0.05, 0.1) is 6.10 Å². The highest BCUT2D eigenvalue weighted by molar-refractivity contribution is 14.0. The monoisotopic (exact) mass is 567 g/mol. The van der Waals surface area contributed by atoms with Crippen LogP contribution in [0.2, 0.25) is 0 Å². The van der Waals surface area contributed by atoms with Crippen LogP contribution < -0.4 is 15.5 Å². The molecule has 0 amide bonds. The maximum absolute atomic E-state index is 14.1. The molecule has 0 saturated carbocycles. The summed E-state index contributed by atoms with van der Waals surface area (Å²) < 4.78 is 20.3. The average Bonchev–Trinajstić information content (AvgIpc) is 3.27. The highest BCUT2D eigenvalue weighted by atomic mass is 127. The van der Waals surface area contributed by atoms with Crippen LogP contribution in [0.4, 0.5) is 10.2 Å². The first-order valence-electron chi connectivity index (χ1n) is 11.7. The van der Waals surface area contributed by atoms with Crippen molar-refractivity contribution in [2.75, 3.05) is 37.7 Å². The van der Waals surface area contributed by atoms with E-state index in [1.165, 1.54) is 17.2 Å². The van der Waals surface area contributed by atoms with Crippen molar-refractivity contribution < 1.29 is 9.13 Å². The highest BCUT2D eigenvalue weighted by Gasteiger charge is 2.28. The van der Waals surface area contributed by atoms with Crippen molar-refractivity contribution in [1.82, 2.24) is 15.6 Å². The Hall–Kier alpha value is -1.94. The second-order valence-corrected chi connectivity index (χ2v) is 8.71. The summed E-state index contributed by atoms with van der Waals surface area (Å²) in [6.45, 7) is 7.96. The van der Waals surface area contributed by atoms with Crippen LogP contribution in [0, 0.1) is 18.7 Å².